The number of benzene rings is 2. The molecule has 0 aliphatic carbocycles. The number of amides is 3. The van der Waals surface area contributed by atoms with E-state index in [1.54, 1.807) is 31.4 Å². The molecule has 2 aliphatic heterocycles. The lowest BCUT2D eigenvalue weighted by Crippen LogP contribution is -2.26. The Kier molecular flexibility index (Phi) is 5.73. The summed E-state index contributed by atoms with van der Waals surface area (Å²) in [6, 6.07) is 12.6. The van der Waals surface area contributed by atoms with Gasteiger partial charge in [-0.25, -0.2) is 5.01 Å². The van der Waals surface area contributed by atoms with Crippen LogP contribution in [0.15, 0.2) is 64.6 Å². The largest absolute Gasteiger partial charge is 0.497 e. The van der Waals surface area contributed by atoms with E-state index >= 15 is 0 Å². The zero-order valence-corrected chi connectivity index (χ0v) is 17.5. The number of nitrogens with zero attached hydrogens (tertiary/aromatic N) is 3. The highest BCUT2D eigenvalue weighted by Gasteiger charge is 2.34. The van der Waals surface area contributed by atoms with E-state index < -0.39 is 28.0 Å². The lowest BCUT2D eigenvalue weighted by molar-refractivity contribution is -0.384. The second kappa shape index (κ2) is 8.63. The van der Waals surface area contributed by atoms with Crippen molar-refractivity contribution in [2.75, 3.05) is 7.11 Å². The summed E-state index contributed by atoms with van der Waals surface area (Å²) in [7, 11) is 1.55. The smallest absolute Gasteiger partial charge is 0.290 e. The number of imide groups is 1. The minimum absolute atomic E-state index is 0.00698. The number of non-ortho nitro benzene ring substituents is 1. The van der Waals surface area contributed by atoms with E-state index in [0.717, 1.165) is 11.6 Å². The Bertz CT molecular complexity index is 1170. The molecule has 0 bridgehead atoms. The van der Waals surface area contributed by atoms with Gasteiger partial charge in [-0.1, -0.05) is 12.1 Å². The first-order valence-corrected chi connectivity index (χ1v) is 10.2. The number of rotatable bonds is 5. The molecule has 32 heavy (non-hydrogen) atoms. The zero-order valence-electron chi connectivity index (χ0n) is 16.7. The van der Waals surface area contributed by atoms with Crippen LogP contribution in [0.2, 0.25) is 0 Å². The van der Waals surface area contributed by atoms with E-state index in [9.17, 15) is 24.5 Å². The number of hydrogen-bond acceptors (Lipinski definition) is 8. The summed E-state index contributed by atoms with van der Waals surface area (Å²) in [5.41, 5.74) is 1.94. The van der Waals surface area contributed by atoms with Crippen LogP contribution in [0.1, 0.15) is 23.6 Å². The van der Waals surface area contributed by atoms with Crippen molar-refractivity contribution in [3.8, 4) is 5.75 Å². The molecule has 2 heterocycles. The fraction of sp³-hybridized carbons (Fsp3) is 0.143. The molecular weight excluding hydrogens is 436 g/mol. The molecule has 1 atom stereocenters. The molecule has 2 aliphatic rings. The van der Waals surface area contributed by atoms with Crippen molar-refractivity contribution in [3.05, 3.63) is 80.8 Å². The van der Waals surface area contributed by atoms with Crippen LogP contribution in [0.3, 0.4) is 0 Å². The molecule has 0 aromatic heterocycles. The standard InChI is InChI=1S/C21H16N4O6S/c1-31-15-8-4-13(5-9-15)17-10-16(12-2-6-14(7-3-12)25(29)30)23-24(17)19(26)11-18-20(27)22-21(28)32-18/h2-9,11,17H,10H2,1H3,(H,22,27,28)/b18-11-. The van der Waals surface area contributed by atoms with Crippen molar-refractivity contribution in [2.45, 2.75) is 12.5 Å². The van der Waals surface area contributed by atoms with Gasteiger partial charge in [-0.2, -0.15) is 5.10 Å². The third kappa shape index (κ3) is 4.23. The van der Waals surface area contributed by atoms with Crippen LogP contribution in [-0.4, -0.2) is 39.8 Å². The first kappa shape index (κ1) is 21.2. The Balaban J connectivity index is 1.67. The Hall–Kier alpha value is -3.99. The number of methoxy groups -OCH3 is 1. The SMILES string of the molecule is COc1ccc(C2CC(c3ccc([N+](=O)[O-])cc3)=NN2C(=O)/C=C2\SC(=O)NC2=O)cc1. The molecule has 1 unspecified atom stereocenters. The Morgan fingerprint density at radius 2 is 1.91 bits per heavy atom. The number of nitrogens with one attached hydrogen (secondary N) is 1. The molecule has 0 saturated carbocycles. The minimum atomic E-state index is -0.631. The number of hydrogen-bond donors (Lipinski definition) is 1. The van der Waals surface area contributed by atoms with Gasteiger partial charge in [0.05, 0.1) is 28.7 Å². The van der Waals surface area contributed by atoms with Gasteiger partial charge in [-0.3, -0.25) is 29.8 Å². The average Bonchev–Trinajstić information content (AvgIpc) is 3.37. The first-order chi connectivity index (χ1) is 15.4. The van der Waals surface area contributed by atoms with Gasteiger partial charge < -0.3 is 4.74 Å². The molecule has 1 saturated heterocycles. The predicted molar refractivity (Wildman–Crippen MR) is 116 cm³/mol. The predicted octanol–water partition coefficient (Wildman–Crippen LogP) is 3.15. The van der Waals surface area contributed by atoms with Crippen molar-refractivity contribution >= 4 is 40.2 Å². The summed E-state index contributed by atoms with van der Waals surface area (Å²) in [5, 5.41) is 18.2. The number of hydrazone groups is 1. The van der Waals surface area contributed by atoms with Gasteiger partial charge in [0.2, 0.25) is 0 Å². The summed E-state index contributed by atoms with van der Waals surface area (Å²) in [5.74, 6) is -0.538. The zero-order chi connectivity index (χ0) is 22.8. The molecule has 162 valence electrons. The van der Waals surface area contributed by atoms with Gasteiger partial charge in [0.25, 0.3) is 22.7 Å². The molecule has 1 N–H and O–H groups in total. The van der Waals surface area contributed by atoms with Crippen molar-refractivity contribution in [3.63, 3.8) is 0 Å². The second-order valence-electron chi connectivity index (χ2n) is 6.88. The maximum atomic E-state index is 13.0. The van der Waals surface area contributed by atoms with Crippen molar-refractivity contribution < 1.29 is 24.0 Å². The Morgan fingerprint density at radius 3 is 2.47 bits per heavy atom. The first-order valence-electron chi connectivity index (χ1n) is 9.40. The number of ether oxygens (including phenoxy) is 1. The molecule has 11 heteroatoms. The van der Waals surface area contributed by atoms with E-state index in [1.165, 1.54) is 17.1 Å². The maximum absolute atomic E-state index is 13.0. The fourth-order valence-electron chi connectivity index (χ4n) is 3.35. The number of carbonyl (C=O) groups is 3. The Labute approximate surface area is 186 Å². The summed E-state index contributed by atoms with van der Waals surface area (Å²) in [4.78, 5) is 46.7. The molecule has 0 radical (unpaired) electrons. The summed E-state index contributed by atoms with van der Waals surface area (Å²) in [6.45, 7) is 0. The van der Waals surface area contributed by atoms with Crippen molar-refractivity contribution in [2.24, 2.45) is 5.10 Å². The normalized spacial score (nSPS) is 19.2. The average molecular weight is 452 g/mol. The van der Waals surface area contributed by atoms with Gasteiger partial charge in [0, 0.05) is 24.6 Å². The van der Waals surface area contributed by atoms with E-state index in [0.29, 0.717) is 35.2 Å². The summed E-state index contributed by atoms with van der Waals surface area (Å²) in [6.07, 6.45) is 1.45. The van der Waals surface area contributed by atoms with Crippen LogP contribution in [0.5, 0.6) is 5.75 Å². The van der Waals surface area contributed by atoms with Gasteiger partial charge in [0.15, 0.2) is 0 Å². The Morgan fingerprint density at radius 1 is 1.22 bits per heavy atom. The lowest BCUT2D eigenvalue weighted by atomic mass is 9.98. The highest BCUT2D eigenvalue weighted by Crippen LogP contribution is 2.35. The number of thioether (sulfide) groups is 1. The molecule has 3 amide bonds. The van der Waals surface area contributed by atoms with Crippen LogP contribution in [0.4, 0.5) is 10.5 Å². The number of carbonyl (C=O) groups excluding carboxylic acids is 3. The highest BCUT2D eigenvalue weighted by molar-refractivity contribution is 8.18. The number of nitro benzene ring substituents is 1. The van der Waals surface area contributed by atoms with Crippen LogP contribution in [-0.2, 0) is 9.59 Å². The third-order valence-electron chi connectivity index (χ3n) is 4.94. The third-order valence-corrected chi connectivity index (χ3v) is 5.76. The molecule has 10 nitrogen and oxygen atoms in total. The molecule has 2 aromatic rings. The van der Waals surface area contributed by atoms with Crippen molar-refractivity contribution in [1.29, 1.82) is 0 Å². The van der Waals surface area contributed by atoms with Crippen LogP contribution < -0.4 is 10.1 Å². The molecular formula is C21H16N4O6S. The maximum Gasteiger partial charge on any atom is 0.290 e. The summed E-state index contributed by atoms with van der Waals surface area (Å²) < 4.78 is 5.18. The van der Waals surface area contributed by atoms with Gasteiger partial charge >= 0.3 is 0 Å². The van der Waals surface area contributed by atoms with Crippen molar-refractivity contribution in [1.82, 2.24) is 10.3 Å². The molecule has 4 rings (SSSR count). The van der Waals surface area contributed by atoms with Gasteiger partial charge in [-0.05, 0) is 47.2 Å². The van der Waals surface area contributed by atoms with Crippen LogP contribution in [0, 0.1) is 10.1 Å². The van der Waals surface area contributed by atoms with E-state index in [2.05, 4.69) is 10.4 Å². The van der Waals surface area contributed by atoms with E-state index in [4.69, 9.17) is 4.74 Å². The monoisotopic (exact) mass is 452 g/mol. The molecule has 2 aromatic carbocycles. The summed E-state index contributed by atoms with van der Waals surface area (Å²) >= 11 is 0.649. The lowest BCUT2D eigenvalue weighted by Gasteiger charge is -2.21. The highest BCUT2D eigenvalue weighted by atomic mass is 32.2. The fourth-order valence-corrected chi connectivity index (χ4v) is 4.00. The van der Waals surface area contributed by atoms with Crippen LogP contribution in [0.25, 0.3) is 0 Å². The van der Waals surface area contributed by atoms with Gasteiger partial charge in [0.1, 0.15) is 5.75 Å². The number of nitro groups is 1. The minimum Gasteiger partial charge on any atom is -0.497 e. The quantitative estimate of drug-likeness (QED) is 0.419. The molecule has 1 fully saturated rings. The second-order valence-corrected chi connectivity index (χ2v) is 7.89. The molecule has 0 spiro atoms. The topological polar surface area (TPSA) is 131 Å². The van der Waals surface area contributed by atoms with Gasteiger partial charge in [-0.15, -0.1) is 0 Å². The van der Waals surface area contributed by atoms with Crippen LogP contribution >= 0.6 is 11.8 Å². The van der Waals surface area contributed by atoms with E-state index in [1.807, 2.05) is 12.1 Å². The van der Waals surface area contributed by atoms with E-state index in [-0.39, 0.29) is 10.6 Å².